The lowest BCUT2D eigenvalue weighted by Crippen LogP contribution is -2.05. The lowest BCUT2D eigenvalue weighted by molar-refractivity contribution is -0.143. The molecule has 2 nitrogen and oxygen atoms in total. The zero-order chi connectivity index (χ0) is 11.4. The summed E-state index contributed by atoms with van der Waals surface area (Å²) in [7, 11) is 0. The minimum Gasteiger partial charge on any atom is -0.466 e. The number of rotatable bonds is 10. The fourth-order valence-corrected chi connectivity index (χ4v) is 1.52. The molecule has 0 heterocycles. The predicted octanol–water partition coefficient (Wildman–Crippen LogP) is 3.91. The Hall–Kier alpha value is -0.240. The van der Waals surface area contributed by atoms with Crippen LogP contribution in [0.4, 0.5) is 0 Å². The van der Waals surface area contributed by atoms with Crippen molar-refractivity contribution in [3.8, 4) is 0 Å². The molecule has 0 spiro atoms. The Morgan fingerprint density at radius 3 is 2.47 bits per heavy atom. The van der Waals surface area contributed by atoms with Crippen LogP contribution in [-0.4, -0.2) is 18.5 Å². The van der Waals surface area contributed by atoms with E-state index in [0.29, 0.717) is 18.9 Å². The van der Waals surface area contributed by atoms with Gasteiger partial charge in [-0.2, -0.15) is 0 Å². The van der Waals surface area contributed by atoms with Gasteiger partial charge in [0.1, 0.15) is 0 Å². The van der Waals surface area contributed by atoms with Gasteiger partial charge in [-0.05, 0) is 25.7 Å². The molecule has 0 aliphatic heterocycles. The molecule has 0 aromatic heterocycles. The summed E-state index contributed by atoms with van der Waals surface area (Å²) in [6, 6.07) is 0. The van der Waals surface area contributed by atoms with E-state index in [1.807, 2.05) is 0 Å². The second-order valence-corrected chi connectivity index (χ2v) is 4.16. The lowest BCUT2D eigenvalue weighted by atomic mass is 10.1. The van der Waals surface area contributed by atoms with Gasteiger partial charge >= 0.3 is 5.97 Å². The third-order valence-electron chi connectivity index (χ3n) is 2.28. The number of alkyl halides is 1. The number of hydrogen-bond donors (Lipinski definition) is 0. The van der Waals surface area contributed by atoms with Crippen molar-refractivity contribution >= 4 is 17.6 Å². The van der Waals surface area contributed by atoms with Crippen LogP contribution in [0.5, 0.6) is 0 Å². The molecule has 0 rings (SSSR count). The number of carbonyl (C=O) groups excluding carboxylic acids is 1. The lowest BCUT2D eigenvalue weighted by Gasteiger charge is -2.03. The van der Waals surface area contributed by atoms with Gasteiger partial charge < -0.3 is 4.74 Å². The van der Waals surface area contributed by atoms with Gasteiger partial charge in [0, 0.05) is 12.3 Å². The van der Waals surface area contributed by atoms with Crippen LogP contribution in [0.15, 0.2) is 0 Å². The second-order valence-electron chi connectivity index (χ2n) is 3.78. The van der Waals surface area contributed by atoms with Gasteiger partial charge in [0.25, 0.3) is 0 Å². The molecule has 0 N–H and O–H groups in total. The van der Waals surface area contributed by atoms with Gasteiger partial charge in [0.15, 0.2) is 0 Å². The summed E-state index contributed by atoms with van der Waals surface area (Å²) in [5, 5.41) is 0. The normalized spacial score (nSPS) is 10.3. The van der Waals surface area contributed by atoms with E-state index in [0.717, 1.165) is 32.1 Å². The molecule has 0 unspecified atom stereocenters. The van der Waals surface area contributed by atoms with E-state index < -0.39 is 0 Å². The summed E-state index contributed by atoms with van der Waals surface area (Å²) in [6.07, 6.45) is 8.09. The molecule has 0 atom stereocenters. The molecular formula is C12H23ClO2. The van der Waals surface area contributed by atoms with Crippen LogP contribution in [0.25, 0.3) is 0 Å². The Labute approximate surface area is 98.3 Å². The molecule has 0 aliphatic carbocycles. The van der Waals surface area contributed by atoms with E-state index in [9.17, 15) is 4.79 Å². The fraction of sp³-hybridized carbons (Fsp3) is 0.917. The minimum absolute atomic E-state index is 0.0445. The molecular weight excluding hydrogens is 212 g/mol. The van der Waals surface area contributed by atoms with Crippen molar-refractivity contribution in [2.24, 2.45) is 0 Å². The summed E-state index contributed by atoms with van der Waals surface area (Å²) in [5.74, 6) is 0.655. The van der Waals surface area contributed by atoms with Crippen molar-refractivity contribution in [3.05, 3.63) is 0 Å². The van der Waals surface area contributed by atoms with Crippen molar-refractivity contribution in [2.75, 3.05) is 12.5 Å². The molecule has 90 valence electrons. The van der Waals surface area contributed by atoms with Crippen molar-refractivity contribution in [3.63, 3.8) is 0 Å². The van der Waals surface area contributed by atoms with Crippen LogP contribution < -0.4 is 0 Å². The third kappa shape index (κ3) is 11.7. The molecule has 3 heteroatoms. The molecule has 0 amide bonds. The quantitative estimate of drug-likeness (QED) is 0.326. The van der Waals surface area contributed by atoms with E-state index in [-0.39, 0.29) is 5.97 Å². The van der Waals surface area contributed by atoms with Gasteiger partial charge in [0.2, 0.25) is 0 Å². The van der Waals surface area contributed by atoms with Crippen molar-refractivity contribution in [1.82, 2.24) is 0 Å². The zero-order valence-electron chi connectivity index (χ0n) is 9.77. The Morgan fingerprint density at radius 1 is 1.07 bits per heavy atom. The Bertz CT molecular complexity index is 149. The average molecular weight is 235 g/mol. The summed E-state index contributed by atoms with van der Waals surface area (Å²) in [4.78, 5) is 11.2. The van der Waals surface area contributed by atoms with E-state index in [4.69, 9.17) is 16.3 Å². The zero-order valence-corrected chi connectivity index (χ0v) is 10.5. The van der Waals surface area contributed by atoms with E-state index in [2.05, 4.69) is 6.92 Å². The molecule has 0 aromatic rings. The van der Waals surface area contributed by atoms with E-state index in [1.54, 1.807) is 0 Å². The number of esters is 1. The molecule has 0 aliphatic rings. The highest BCUT2D eigenvalue weighted by atomic mass is 35.5. The van der Waals surface area contributed by atoms with E-state index >= 15 is 0 Å². The average Bonchev–Trinajstić information content (AvgIpc) is 2.24. The first kappa shape index (κ1) is 14.8. The van der Waals surface area contributed by atoms with Gasteiger partial charge in [0.05, 0.1) is 6.61 Å². The first-order valence-electron chi connectivity index (χ1n) is 6.02. The van der Waals surface area contributed by atoms with Crippen molar-refractivity contribution in [1.29, 1.82) is 0 Å². The maximum atomic E-state index is 11.2. The highest BCUT2D eigenvalue weighted by molar-refractivity contribution is 6.17. The highest BCUT2D eigenvalue weighted by Crippen LogP contribution is 2.04. The number of halogens is 1. The first-order valence-corrected chi connectivity index (χ1v) is 6.56. The Balaban J connectivity index is 3.11. The SMILES string of the molecule is CCCCCCC(=O)OCCCCCCl. The maximum absolute atomic E-state index is 11.2. The third-order valence-corrected chi connectivity index (χ3v) is 2.54. The van der Waals surface area contributed by atoms with Crippen LogP contribution in [0.2, 0.25) is 0 Å². The minimum atomic E-state index is -0.0445. The maximum Gasteiger partial charge on any atom is 0.305 e. The molecule has 0 radical (unpaired) electrons. The molecule has 15 heavy (non-hydrogen) atoms. The van der Waals surface area contributed by atoms with Crippen LogP contribution >= 0.6 is 11.6 Å². The predicted molar refractivity (Wildman–Crippen MR) is 64.3 cm³/mol. The van der Waals surface area contributed by atoms with Crippen molar-refractivity contribution in [2.45, 2.75) is 58.3 Å². The van der Waals surface area contributed by atoms with Crippen LogP contribution in [0.3, 0.4) is 0 Å². The number of ether oxygens (including phenoxy) is 1. The Kier molecular flexibility index (Phi) is 11.6. The molecule has 0 aromatic carbocycles. The summed E-state index contributed by atoms with van der Waals surface area (Å²) >= 11 is 5.53. The Morgan fingerprint density at radius 2 is 1.80 bits per heavy atom. The summed E-state index contributed by atoms with van der Waals surface area (Å²) in [5.41, 5.74) is 0. The van der Waals surface area contributed by atoms with Crippen LogP contribution in [0.1, 0.15) is 58.3 Å². The van der Waals surface area contributed by atoms with Crippen LogP contribution in [0, 0.1) is 0 Å². The monoisotopic (exact) mass is 234 g/mol. The largest absolute Gasteiger partial charge is 0.466 e. The van der Waals surface area contributed by atoms with Gasteiger partial charge in [-0.15, -0.1) is 11.6 Å². The first-order chi connectivity index (χ1) is 7.31. The number of hydrogen-bond acceptors (Lipinski definition) is 2. The summed E-state index contributed by atoms with van der Waals surface area (Å²) in [6.45, 7) is 2.72. The smallest absolute Gasteiger partial charge is 0.305 e. The van der Waals surface area contributed by atoms with Crippen LogP contribution in [-0.2, 0) is 9.53 Å². The van der Waals surface area contributed by atoms with Gasteiger partial charge in [-0.1, -0.05) is 26.2 Å². The number of carbonyl (C=O) groups is 1. The molecule has 0 saturated heterocycles. The standard InChI is InChI=1S/C12H23ClO2/c1-2-3-4-6-9-12(14)15-11-8-5-7-10-13/h2-11H2,1H3. The highest BCUT2D eigenvalue weighted by Gasteiger charge is 2.01. The van der Waals surface area contributed by atoms with E-state index in [1.165, 1.54) is 12.8 Å². The van der Waals surface area contributed by atoms with Gasteiger partial charge in [-0.25, -0.2) is 0 Å². The molecule has 0 fully saturated rings. The van der Waals surface area contributed by atoms with Crippen molar-refractivity contribution < 1.29 is 9.53 Å². The summed E-state index contributed by atoms with van der Waals surface area (Å²) < 4.78 is 5.09. The molecule has 0 bridgehead atoms. The molecule has 0 saturated carbocycles. The second kappa shape index (κ2) is 11.8. The number of unbranched alkanes of at least 4 members (excludes halogenated alkanes) is 5. The van der Waals surface area contributed by atoms with Gasteiger partial charge in [-0.3, -0.25) is 4.79 Å². The fourth-order valence-electron chi connectivity index (χ4n) is 1.33. The topological polar surface area (TPSA) is 26.3 Å².